The average molecular weight is 461 g/mol. The zero-order valence-corrected chi connectivity index (χ0v) is 18.4. The number of aromatic nitrogens is 4. The number of halogens is 2. The van der Waals surface area contributed by atoms with Crippen LogP contribution in [0.4, 0.5) is 5.82 Å². The Bertz CT molecular complexity index is 1120. The minimum Gasteiger partial charge on any atom is -0.365 e. The van der Waals surface area contributed by atoms with Crippen molar-refractivity contribution in [3.8, 4) is 11.3 Å². The molecular weight excluding hydrogens is 439 g/mol. The predicted molar refractivity (Wildman–Crippen MR) is 119 cm³/mol. The van der Waals surface area contributed by atoms with Gasteiger partial charge in [0, 0.05) is 35.1 Å². The smallest absolute Gasteiger partial charge is 0.246 e. The third-order valence-electron chi connectivity index (χ3n) is 5.83. The molecule has 1 N–H and O–H groups in total. The van der Waals surface area contributed by atoms with Crippen molar-refractivity contribution in [3.05, 3.63) is 34.6 Å². The Kier molecular flexibility index (Phi) is 5.69. The Labute approximate surface area is 189 Å². The predicted octanol–water partition coefficient (Wildman–Crippen LogP) is 3.97. The van der Waals surface area contributed by atoms with E-state index in [1.54, 1.807) is 22.0 Å². The number of nitrogens with zero attached hydrogens (tertiary/aromatic N) is 5. The molecule has 2 aliphatic rings. The lowest BCUT2D eigenvalue weighted by atomic mass is 10.1. The topological polar surface area (TPSA) is 85.2 Å². The van der Waals surface area contributed by atoms with E-state index < -0.39 is 0 Å². The number of benzene rings is 1. The lowest BCUT2D eigenvalue weighted by Gasteiger charge is -2.15. The van der Waals surface area contributed by atoms with Crippen molar-refractivity contribution in [2.75, 3.05) is 25.2 Å². The van der Waals surface area contributed by atoms with Crippen LogP contribution in [0.25, 0.3) is 22.0 Å². The van der Waals surface area contributed by atoms with E-state index in [4.69, 9.17) is 27.9 Å². The molecule has 3 heterocycles. The largest absolute Gasteiger partial charge is 0.365 e. The number of carbonyl (C=O) groups is 1. The van der Waals surface area contributed by atoms with Crippen molar-refractivity contribution >= 4 is 45.7 Å². The molecule has 1 aromatic carbocycles. The standard InChI is InChI=1S/C21H22Cl2N6O2/c22-17-7-15-16(8-18(17)23)21(25-14-3-1-2-4-14)27-26-20(15)13-9-24-29(10-13)11-19(30)28-5-6-31-12-28/h7-10,14H,1-6,11-12H2,(H,25,27). The van der Waals surface area contributed by atoms with Crippen LogP contribution >= 0.6 is 23.2 Å². The Morgan fingerprint density at radius 1 is 1.16 bits per heavy atom. The van der Waals surface area contributed by atoms with Crippen molar-refractivity contribution in [2.24, 2.45) is 0 Å². The van der Waals surface area contributed by atoms with Gasteiger partial charge in [0.05, 0.1) is 22.8 Å². The van der Waals surface area contributed by atoms with Crippen LogP contribution in [-0.2, 0) is 16.1 Å². The Morgan fingerprint density at radius 2 is 1.94 bits per heavy atom. The second-order valence-corrected chi connectivity index (χ2v) is 8.77. The molecule has 1 amide bonds. The van der Waals surface area contributed by atoms with E-state index in [0.29, 0.717) is 47.5 Å². The highest BCUT2D eigenvalue weighted by atomic mass is 35.5. The van der Waals surface area contributed by atoms with Crippen molar-refractivity contribution in [1.29, 1.82) is 0 Å². The van der Waals surface area contributed by atoms with Crippen molar-refractivity contribution in [2.45, 2.75) is 38.3 Å². The summed E-state index contributed by atoms with van der Waals surface area (Å²) in [6.45, 7) is 1.65. The van der Waals surface area contributed by atoms with Gasteiger partial charge in [-0.25, -0.2) is 0 Å². The number of rotatable bonds is 5. The fourth-order valence-corrected chi connectivity index (χ4v) is 4.48. The van der Waals surface area contributed by atoms with Crippen molar-refractivity contribution in [1.82, 2.24) is 24.9 Å². The normalized spacial score (nSPS) is 17.0. The van der Waals surface area contributed by atoms with Crippen LogP contribution in [-0.4, -0.2) is 56.7 Å². The monoisotopic (exact) mass is 460 g/mol. The first-order valence-corrected chi connectivity index (χ1v) is 11.1. The fraction of sp³-hybridized carbons (Fsp3) is 0.429. The van der Waals surface area contributed by atoms with Crippen LogP contribution in [0.2, 0.25) is 10.0 Å². The second-order valence-electron chi connectivity index (χ2n) is 7.96. The highest BCUT2D eigenvalue weighted by molar-refractivity contribution is 6.43. The van der Waals surface area contributed by atoms with Crippen molar-refractivity contribution < 1.29 is 9.53 Å². The van der Waals surface area contributed by atoms with Crippen LogP contribution in [0.5, 0.6) is 0 Å². The maximum atomic E-state index is 12.4. The first kappa shape index (κ1) is 20.5. The SMILES string of the molecule is O=C(Cn1cc(-c2nnc(NC3CCCC3)c3cc(Cl)c(Cl)cc23)cn1)N1CCOC1. The zero-order chi connectivity index (χ0) is 21.4. The molecule has 0 unspecified atom stereocenters. The van der Waals surface area contributed by atoms with Gasteiger partial charge in [-0.1, -0.05) is 36.0 Å². The van der Waals surface area contributed by atoms with E-state index in [9.17, 15) is 4.79 Å². The van der Waals surface area contributed by atoms with Gasteiger partial charge in [0.1, 0.15) is 19.0 Å². The minimum absolute atomic E-state index is 0.0333. The molecule has 2 aromatic heterocycles. The number of nitrogens with one attached hydrogen (secondary N) is 1. The van der Waals surface area contributed by atoms with Crippen LogP contribution in [0.1, 0.15) is 25.7 Å². The van der Waals surface area contributed by atoms with Gasteiger partial charge in [0.25, 0.3) is 0 Å². The molecule has 1 aliphatic heterocycles. The van der Waals surface area contributed by atoms with Crippen LogP contribution in [0.3, 0.4) is 0 Å². The van der Waals surface area contributed by atoms with Gasteiger partial charge in [-0.3, -0.25) is 9.48 Å². The zero-order valence-electron chi connectivity index (χ0n) is 16.9. The lowest BCUT2D eigenvalue weighted by molar-refractivity contribution is -0.132. The quantitative estimate of drug-likeness (QED) is 0.619. The molecule has 3 aromatic rings. The molecule has 5 rings (SSSR count). The third kappa shape index (κ3) is 4.20. The molecule has 0 spiro atoms. The van der Waals surface area contributed by atoms with Gasteiger partial charge in [-0.05, 0) is 25.0 Å². The average Bonchev–Trinajstić information content (AvgIpc) is 3.52. The van der Waals surface area contributed by atoms with Crippen LogP contribution < -0.4 is 5.32 Å². The lowest BCUT2D eigenvalue weighted by Crippen LogP contribution is -2.31. The first-order valence-electron chi connectivity index (χ1n) is 10.4. The van der Waals surface area contributed by atoms with Gasteiger partial charge >= 0.3 is 0 Å². The maximum absolute atomic E-state index is 12.4. The molecule has 1 saturated heterocycles. The van der Waals surface area contributed by atoms with Crippen LogP contribution in [0.15, 0.2) is 24.5 Å². The Hall–Kier alpha value is -2.42. The van der Waals surface area contributed by atoms with E-state index in [-0.39, 0.29) is 12.5 Å². The molecule has 162 valence electrons. The van der Waals surface area contributed by atoms with E-state index >= 15 is 0 Å². The molecule has 10 heteroatoms. The van der Waals surface area contributed by atoms with Crippen LogP contribution in [0, 0.1) is 0 Å². The van der Waals surface area contributed by atoms with E-state index in [1.165, 1.54) is 12.8 Å². The third-order valence-corrected chi connectivity index (χ3v) is 6.55. The number of hydrogen-bond donors (Lipinski definition) is 1. The molecule has 0 radical (unpaired) electrons. The number of ether oxygens (including phenoxy) is 1. The molecule has 0 atom stereocenters. The highest BCUT2D eigenvalue weighted by Gasteiger charge is 2.21. The van der Waals surface area contributed by atoms with Gasteiger partial charge in [0.2, 0.25) is 5.91 Å². The summed E-state index contributed by atoms with van der Waals surface area (Å²) in [6.07, 6.45) is 8.16. The number of anilines is 1. The number of amides is 1. The summed E-state index contributed by atoms with van der Waals surface area (Å²) >= 11 is 12.7. The van der Waals surface area contributed by atoms with Crippen molar-refractivity contribution in [3.63, 3.8) is 0 Å². The van der Waals surface area contributed by atoms with Gasteiger partial charge < -0.3 is 15.0 Å². The molecule has 2 fully saturated rings. The van der Waals surface area contributed by atoms with Gasteiger partial charge in [-0.2, -0.15) is 5.10 Å². The summed E-state index contributed by atoms with van der Waals surface area (Å²) in [5.41, 5.74) is 1.41. The molecule has 8 nitrogen and oxygen atoms in total. The summed E-state index contributed by atoms with van der Waals surface area (Å²) in [5.74, 6) is 0.676. The molecule has 0 bridgehead atoms. The molecule has 31 heavy (non-hydrogen) atoms. The van der Waals surface area contributed by atoms with Gasteiger partial charge in [0.15, 0.2) is 5.82 Å². The number of fused-ring (bicyclic) bond motifs is 1. The summed E-state index contributed by atoms with van der Waals surface area (Å²) in [7, 11) is 0. The Morgan fingerprint density at radius 3 is 2.68 bits per heavy atom. The number of carbonyl (C=O) groups excluding carboxylic acids is 1. The summed E-state index contributed by atoms with van der Waals surface area (Å²) in [5, 5.41) is 19.4. The maximum Gasteiger partial charge on any atom is 0.246 e. The van der Waals surface area contributed by atoms with Gasteiger partial charge in [-0.15, -0.1) is 10.2 Å². The first-order chi connectivity index (χ1) is 15.1. The molecule has 1 saturated carbocycles. The highest BCUT2D eigenvalue weighted by Crippen LogP contribution is 2.36. The molecular formula is C21H22Cl2N6O2. The second kappa shape index (κ2) is 8.61. The fourth-order valence-electron chi connectivity index (χ4n) is 4.15. The minimum atomic E-state index is -0.0333. The molecule has 1 aliphatic carbocycles. The summed E-state index contributed by atoms with van der Waals surface area (Å²) in [6, 6.07) is 4.03. The number of hydrogen-bond acceptors (Lipinski definition) is 6. The Balaban J connectivity index is 1.47. The van der Waals surface area contributed by atoms with E-state index in [2.05, 4.69) is 20.6 Å². The summed E-state index contributed by atoms with van der Waals surface area (Å²) in [4.78, 5) is 14.0. The van der Waals surface area contributed by atoms with E-state index in [0.717, 1.165) is 29.2 Å². The van der Waals surface area contributed by atoms with E-state index in [1.807, 2.05) is 12.1 Å². The summed E-state index contributed by atoms with van der Waals surface area (Å²) < 4.78 is 6.85.